The van der Waals surface area contributed by atoms with E-state index in [0.717, 1.165) is 6.42 Å². The summed E-state index contributed by atoms with van der Waals surface area (Å²) in [6.45, 7) is 0. The normalized spacial score (nSPS) is 51.5. The van der Waals surface area contributed by atoms with E-state index in [2.05, 4.69) is 12.2 Å². The molecule has 3 rings (SSSR count). The minimum absolute atomic E-state index is 0.173. The molecular formula is C10H11F. The van der Waals surface area contributed by atoms with Crippen molar-refractivity contribution in [3.63, 3.8) is 0 Å². The van der Waals surface area contributed by atoms with Crippen LogP contribution in [0.4, 0.5) is 4.39 Å². The fraction of sp³-hybridized carbons (Fsp3) is 0.600. The molecule has 0 heterocycles. The van der Waals surface area contributed by atoms with E-state index in [1.807, 2.05) is 0 Å². The summed E-state index contributed by atoms with van der Waals surface area (Å²) in [5, 5.41) is 0. The molecule has 0 radical (unpaired) electrons. The van der Waals surface area contributed by atoms with Crippen LogP contribution < -0.4 is 0 Å². The molecule has 0 aromatic carbocycles. The van der Waals surface area contributed by atoms with Crippen molar-refractivity contribution in [2.75, 3.05) is 0 Å². The minimum Gasteiger partial charge on any atom is -0.212 e. The molecule has 0 nitrogen and oxygen atoms in total. The summed E-state index contributed by atoms with van der Waals surface area (Å²) in [6.07, 6.45) is 8.50. The van der Waals surface area contributed by atoms with Crippen molar-refractivity contribution in [1.82, 2.24) is 0 Å². The van der Waals surface area contributed by atoms with Gasteiger partial charge in [-0.15, -0.1) is 0 Å². The molecule has 0 saturated heterocycles. The molecule has 0 aromatic heterocycles. The van der Waals surface area contributed by atoms with E-state index < -0.39 is 0 Å². The van der Waals surface area contributed by atoms with Gasteiger partial charge in [0.25, 0.3) is 0 Å². The number of hydrogen-bond donors (Lipinski definition) is 0. The summed E-state index contributed by atoms with van der Waals surface area (Å²) in [4.78, 5) is 0. The Bertz CT molecular complexity index is 252. The molecule has 1 fully saturated rings. The van der Waals surface area contributed by atoms with E-state index in [0.29, 0.717) is 17.8 Å². The van der Waals surface area contributed by atoms with Gasteiger partial charge in [-0.05, 0) is 30.6 Å². The van der Waals surface area contributed by atoms with Crippen LogP contribution in [0, 0.1) is 23.7 Å². The molecule has 3 aliphatic rings. The Morgan fingerprint density at radius 2 is 2.09 bits per heavy atom. The topological polar surface area (TPSA) is 0 Å². The van der Waals surface area contributed by atoms with Crippen LogP contribution in [0.15, 0.2) is 24.1 Å². The van der Waals surface area contributed by atoms with Gasteiger partial charge in [-0.3, -0.25) is 0 Å². The first-order chi connectivity index (χ1) is 5.36. The number of hydrogen-bond acceptors (Lipinski definition) is 0. The van der Waals surface area contributed by atoms with Gasteiger partial charge < -0.3 is 0 Å². The Morgan fingerprint density at radius 1 is 1.27 bits per heavy atom. The van der Waals surface area contributed by atoms with Gasteiger partial charge in [-0.25, -0.2) is 4.39 Å². The second kappa shape index (κ2) is 1.77. The van der Waals surface area contributed by atoms with Crippen LogP contribution in [-0.4, -0.2) is 0 Å². The van der Waals surface area contributed by atoms with Crippen LogP contribution in [0.1, 0.15) is 12.8 Å². The third-order valence-electron chi connectivity index (χ3n) is 3.53. The Kier molecular flexibility index (Phi) is 0.961. The fourth-order valence-electron chi connectivity index (χ4n) is 3.04. The molecule has 4 atom stereocenters. The molecule has 58 valence electrons. The number of halogens is 1. The van der Waals surface area contributed by atoms with Gasteiger partial charge in [-0.1, -0.05) is 18.2 Å². The van der Waals surface area contributed by atoms with Crippen LogP contribution >= 0.6 is 0 Å². The van der Waals surface area contributed by atoms with Crippen LogP contribution in [0.5, 0.6) is 0 Å². The van der Waals surface area contributed by atoms with Gasteiger partial charge in [-0.2, -0.15) is 0 Å². The zero-order chi connectivity index (χ0) is 7.42. The predicted octanol–water partition coefficient (Wildman–Crippen LogP) is 2.68. The standard InChI is InChI=1S/C10H11F/c11-9-4-3-8-6-1-2-7(5-6)10(8)9/h1-2,4,6-8,10H,3,5H2. The molecule has 11 heavy (non-hydrogen) atoms. The molecule has 0 aromatic rings. The van der Waals surface area contributed by atoms with E-state index >= 15 is 0 Å². The maximum absolute atomic E-state index is 13.2. The van der Waals surface area contributed by atoms with Crippen molar-refractivity contribution in [3.8, 4) is 0 Å². The van der Waals surface area contributed by atoms with Gasteiger partial charge in [0.1, 0.15) is 0 Å². The van der Waals surface area contributed by atoms with E-state index in [1.165, 1.54) is 6.42 Å². The lowest BCUT2D eigenvalue weighted by atomic mass is 9.85. The van der Waals surface area contributed by atoms with Crippen molar-refractivity contribution < 1.29 is 4.39 Å². The second-order valence-corrected chi connectivity index (χ2v) is 3.96. The second-order valence-electron chi connectivity index (χ2n) is 3.96. The Morgan fingerprint density at radius 3 is 2.91 bits per heavy atom. The highest BCUT2D eigenvalue weighted by molar-refractivity contribution is 5.24. The van der Waals surface area contributed by atoms with Crippen molar-refractivity contribution in [2.24, 2.45) is 23.7 Å². The van der Waals surface area contributed by atoms with Crippen molar-refractivity contribution >= 4 is 0 Å². The highest BCUT2D eigenvalue weighted by Crippen LogP contribution is 2.55. The first-order valence-electron chi connectivity index (χ1n) is 4.40. The molecule has 2 bridgehead atoms. The van der Waals surface area contributed by atoms with Gasteiger partial charge in [0, 0.05) is 5.92 Å². The van der Waals surface area contributed by atoms with Crippen LogP contribution in [0.25, 0.3) is 0 Å². The fourth-order valence-corrected chi connectivity index (χ4v) is 3.04. The maximum Gasteiger partial charge on any atom is 0.0999 e. The molecule has 1 saturated carbocycles. The maximum atomic E-state index is 13.2. The van der Waals surface area contributed by atoms with E-state index in [4.69, 9.17) is 0 Å². The minimum atomic E-state index is 0.173. The van der Waals surface area contributed by atoms with Crippen LogP contribution in [0.2, 0.25) is 0 Å². The molecule has 0 N–H and O–H groups in total. The lowest BCUT2D eigenvalue weighted by Crippen LogP contribution is -2.14. The van der Waals surface area contributed by atoms with E-state index in [-0.39, 0.29) is 11.7 Å². The zero-order valence-electron chi connectivity index (χ0n) is 6.33. The lowest BCUT2D eigenvalue weighted by Gasteiger charge is -2.19. The summed E-state index contributed by atoms with van der Waals surface area (Å²) in [7, 11) is 0. The highest BCUT2D eigenvalue weighted by atomic mass is 19.1. The monoisotopic (exact) mass is 150 g/mol. The van der Waals surface area contributed by atoms with Crippen LogP contribution in [0.3, 0.4) is 0 Å². The first-order valence-corrected chi connectivity index (χ1v) is 4.40. The first kappa shape index (κ1) is 5.99. The summed E-state index contributed by atoms with van der Waals surface area (Å²) in [6, 6.07) is 0. The molecule has 0 amide bonds. The number of fused-ring (bicyclic) bond motifs is 5. The molecular weight excluding hydrogens is 139 g/mol. The van der Waals surface area contributed by atoms with Gasteiger partial charge >= 0.3 is 0 Å². The molecule has 0 spiro atoms. The molecule has 0 aliphatic heterocycles. The van der Waals surface area contributed by atoms with Crippen molar-refractivity contribution in [2.45, 2.75) is 12.8 Å². The SMILES string of the molecule is FC1=CCC2C3C=CC(C3)C12. The zero-order valence-corrected chi connectivity index (χ0v) is 6.33. The largest absolute Gasteiger partial charge is 0.212 e. The van der Waals surface area contributed by atoms with Gasteiger partial charge in [0.15, 0.2) is 0 Å². The third-order valence-corrected chi connectivity index (χ3v) is 3.53. The highest BCUT2D eigenvalue weighted by Gasteiger charge is 2.48. The summed E-state index contributed by atoms with van der Waals surface area (Å²) < 4.78 is 13.2. The molecule has 4 unspecified atom stereocenters. The lowest BCUT2D eigenvalue weighted by molar-refractivity contribution is 0.341. The predicted molar refractivity (Wildman–Crippen MR) is 41.5 cm³/mol. The van der Waals surface area contributed by atoms with Gasteiger partial charge in [0.05, 0.1) is 5.83 Å². The number of rotatable bonds is 0. The Labute approximate surface area is 65.8 Å². The quantitative estimate of drug-likeness (QED) is 0.466. The smallest absolute Gasteiger partial charge is 0.0999 e. The molecule has 1 heteroatoms. The Hall–Kier alpha value is -0.590. The summed E-state index contributed by atoms with van der Waals surface area (Å²) >= 11 is 0. The average Bonchev–Trinajstić information content (AvgIpc) is 2.60. The summed E-state index contributed by atoms with van der Waals surface area (Å²) in [5.41, 5.74) is 0. The van der Waals surface area contributed by atoms with Crippen molar-refractivity contribution in [1.29, 1.82) is 0 Å². The third kappa shape index (κ3) is 0.597. The average molecular weight is 150 g/mol. The summed E-state index contributed by atoms with van der Waals surface area (Å²) in [5.74, 6) is 2.33. The van der Waals surface area contributed by atoms with E-state index in [1.54, 1.807) is 6.08 Å². The number of allylic oxidation sites excluding steroid dienone is 4. The van der Waals surface area contributed by atoms with Crippen molar-refractivity contribution in [3.05, 3.63) is 24.1 Å². The van der Waals surface area contributed by atoms with Gasteiger partial charge in [0.2, 0.25) is 0 Å². The van der Waals surface area contributed by atoms with E-state index in [9.17, 15) is 4.39 Å². The van der Waals surface area contributed by atoms with Crippen LogP contribution in [-0.2, 0) is 0 Å². The molecule has 3 aliphatic carbocycles. The Balaban J connectivity index is 2.03.